The van der Waals surface area contributed by atoms with E-state index in [4.69, 9.17) is 9.57 Å². The highest BCUT2D eigenvalue weighted by molar-refractivity contribution is 5.95. The van der Waals surface area contributed by atoms with Gasteiger partial charge in [-0.05, 0) is 49.8 Å². The first-order valence-electron chi connectivity index (χ1n) is 10.9. The molecule has 0 radical (unpaired) electrons. The van der Waals surface area contributed by atoms with Gasteiger partial charge in [0.1, 0.15) is 17.4 Å². The molecule has 8 nitrogen and oxygen atoms in total. The van der Waals surface area contributed by atoms with E-state index in [-0.39, 0.29) is 23.6 Å². The van der Waals surface area contributed by atoms with E-state index in [0.29, 0.717) is 50.9 Å². The van der Waals surface area contributed by atoms with Crippen LogP contribution in [0.1, 0.15) is 36.0 Å². The van der Waals surface area contributed by atoms with Crippen molar-refractivity contribution in [2.45, 2.75) is 37.3 Å². The molecule has 1 aromatic carbocycles. The molecule has 2 amide bonds. The molecule has 8 heteroatoms. The Morgan fingerprint density at radius 2 is 2.00 bits per heavy atom. The van der Waals surface area contributed by atoms with Crippen LogP contribution in [0.2, 0.25) is 0 Å². The van der Waals surface area contributed by atoms with Gasteiger partial charge in [-0.2, -0.15) is 0 Å². The zero-order valence-electron chi connectivity index (χ0n) is 17.2. The van der Waals surface area contributed by atoms with Crippen molar-refractivity contribution in [3.8, 4) is 5.75 Å². The first-order chi connectivity index (χ1) is 14.5. The van der Waals surface area contributed by atoms with E-state index < -0.39 is 5.60 Å². The predicted octanol–water partition coefficient (Wildman–Crippen LogP) is 1.25. The third kappa shape index (κ3) is 3.91. The molecule has 1 N–H and O–H groups in total. The second-order valence-corrected chi connectivity index (χ2v) is 9.07. The van der Waals surface area contributed by atoms with Crippen molar-refractivity contribution >= 4 is 11.8 Å². The van der Waals surface area contributed by atoms with Crippen LogP contribution in [0.4, 0.5) is 0 Å². The van der Waals surface area contributed by atoms with Gasteiger partial charge < -0.3 is 14.7 Å². The van der Waals surface area contributed by atoms with Crippen LogP contribution < -0.4 is 0 Å². The number of likely N-dealkylation sites (tertiary alicyclic amines) is 1. The SMILES string of the molecule is O=C(c1cccc(O)c1)N1CC2(C1)CN(CC1CC1)[C@@H](C(=O)N1CCCCO1)CO2. The van der Waals surface area contributed by atoms with Crippen LogP contribution in [0.5, 0.6) is 5.75 Å². The first kappa shape index (κ1) is 19.8. The molecule has 1 aliphatic carbocycles. The van der Waals surface area contributed by atoms with Gasteiger partial charge in [0.05, 0.1) is 26.3 Å². The zero-order valence-corrected chi connectivity index (χ0v) is 17.2. The van der Waals surface area contributed by atoms with Crippen molar-refractivity contribution in [1.29, 1.82) is 0 Å². The lowest BCUT2D eigenvalue weighted by Crippen LogP contribution is -2.73. The number of rotatable bonds is 4. The number of hydrogen-bond acceptors (Lipinski definition) is 6. The molecule has 162 valence electrons. The molecule has 3 aliphatic heterocycles. The molecular weight excluding hydrogens is 386 g/mol. The number of phenolic OH excluding ortho intramolecular Hbond substituents is 1. The minimum absolute atomic E-state index is 0.00258. The Morgan fingerprint density at radius 3 is 2.70 bits per heavy atom. The third-order valence-electron chi connectivity index (χ3n) is 6.54. The van der Waals surface area contributed by atoms with Gasteiger partial charge in [0.2, 0.25) is 0 Å². The summed E-state index contributed by atoms with van der Waals surface area (Å²) in [5.41, 5.74) is 0.0618. The molecule has 3 heterocycles. The van der Waals surface area contributed by atoms with Gasteiger partial charge in [-0.25, -0.2) is 5.06 Å². The Balaban J connectivity index is 1.24. The highest BCUT2D eigenvalue weighted by atomic mass is 16.7. The maximum Gasteiger partial charge on any atom is 0.265 e. The van der Waals surface area contributed by atoms with E-state index in [0.717, 1.165) is 19.4 Å². The average molecular weight is 415 g/mol. The number of benzene rings is 1. The number of nitrogens with zero attached hydrogens (tertiary/aromatic N) is 3. The number of carbonyl (C=O) groups excluding carboxylic acids is 2. The second kappa shape index (κ2) is 7.83. The predicted molar refractivity (Wildman–Crippen MR) is 108 cm³/mol. The normalized spacial score (nSPS) is 26.5. The van der Waals surface area contributed by atoms with Crippen LogP contribution in [0.15, 0.2) is 24.3 Å². The van der Waals surface area contributed by atoms with Crippen LogP contribution in [0, 0.1) is 5.92 Å². The minimum atomic E-state index is -0.416. The average Bonchev–Trinajstić information content (AvgIpc) is 3.55. The molecule has 0 unspecified atom stereocenters. The van der Waals surface area contributed by atoms with Gasteiger partial charge in [0.25, 0.3) is 11.8 Å². The van der Waals surface area contributed by atoms with Crippen molar-refractivity contribution in [3.05, 3.63) is 29.8 Å². The van der Waals surface area contributed by atoms with Crippen molar-refractivity contribution in [2.75, 3.05) is 45.9 Å². The lowest BCUT2D eigenvalue weighted by molar-refractivity contribution is -0.223. The topological polar surface area (TPSA) is 82.6 Å². The smallest absolute Gasteiger partial charge is 0.265 e. The van der Waals surface area contributed by atoms with Gasteiger partial charge in [0.15, 0.2) is 0 Å². The summed E-state index contributed by atoms with van der Waals surface area (Å²) in [5.74, 6) is 0.635. The van der Waals surface area contributed by atoms with Gasteiger partial charge in [-0.3, -0.25) is 19.3 Å². The maximum atomic E-state index is 13.1. The first-order valence-corrected chi connectivity index (χ1v) is 10.9. The van der Waals surface area contributed by atoms with E-state index in [1.807, 2.05) is 0 Å². The summed E-state index contributed by atoms with van der Waals surface area (Å²) in [7, 11) is 0. The molecule has 1 saturated carbocycles. The van der Waals surface area contributed by atoms with Crippen molar-refractivity contribution in [2.24, 2.45) is 5.92 Å². The molecule has 30 heavy (non-hydrogen) atoms. The fourth-order valence-corrected chi connectivity index (χ4v) is 4.68. The number of ether oxygens (including phenoxy) is 1. The number of carbonyl (C=O) groups is 2. The van der Waals surface area contributed by atoms with E-state index in [9.17, 15) is 14.7 Å². The van der Waals surface area contributed by atoms with Crippen LogP contribution in [-0.4, -0.2) is 89.4 Å². The Hall–Kier alpha value is -2.16. The zero-order chi connectivity index (χ0) is 20.7. The summed E-state index contributed by atoms with van der Waals surface area (Å²) in [5, 5.41) is 11.2. The molecule has 0 bridgehead atoms. The Labute approximate surface area is 176 Å². The maximum absolute atomic E-state index is 13.1. The molecular formula is C22H29N3O5. The van der Waals surface area contributed by atoms with Crippen LogP contribution in [-0.2, 0) is 14.4 Å². The van der Waals surface area contributed by atoms with Crippen molar-refractivity contribution < 1.29 is 24.3 Å². The fourth-order valence-electron chi connectivity index (χ4n) is 4.68. The summed E-state index contributed by atoms with van der Waals surface area (Å²) in [6, 6.07) is 6.11. The summed E-state index contributed by atoms with van der Waals surface area (Å²) in [6.45, 7) is 4.13. The number of amides is 2. The highest BCUT2D eigenvalue weighted by Gasteiger charge is 2.53. The van der Waals surface area contributed by atoms with E-state index in [1.165, 1.54) is 24.0 Å². The van der Waals surface area contributed by atoms with E-state index in [1.54, 1.807) is 23.1 Å². The molecule has 3 saturated heterocycles. The number of hydroxylamine groups is 2. The molecule has 1 spiro atoms. The largest absolute Gasteiger partial charge is 0.508 e. The molecule has 4 fully saturated rings. The Morgan fingerprint density at radius 1 is 1.17 bits per heavy atom. The second-order valence-electron chi connectivity index (χ2n) is 9.07. The van der Waals surface area contributed by atoms with E-state index in [2.05, 4.69) is 4.90 Å². The number of hydrogen-bond donors (Lipinski definition) is 1. The Kier molecular flexibility index (Phi) is 5.16. The summed E-state index contributed by atoms with van der Waals surface area (Å²) >= 11 is 0. The number of morpholine rings is 1. The van der Waals surface area contributed by atoms with Gasteiger partial charge >= 0.3 is 0 Å². The summed E-state index contributed by atoms with van der Waals surface area (Å²) in [6.07, 6.45) is 4.39. The molecule has 5 rings (SSSR count). The van der Waals surface area contributed by atoms with Crippen LogP contribution in [0.25, 0.3) is 0 Å². The summed E-state index contributed by atoms with van der Waals surface area (Å²) < 4.78 is 6.21. The van der Waals surface area contributed by atoms with Crippen LogP contribution in [0.3, 0.4) is 0 Å². The highest BCUT2D eigenvalue weighted by Crippen LogP contribution is 2.36. The lowest BCUT2D eigenvalue weighted by Gasteiger charge is -2.55. The monoisotopic (exact) mass is 415 g/mol. The fraction of sp³-hybridized carbons (Fsp3) is 0.636. The quantitative estimate of drug-likeness (QED) is 0.797. The molecule has 1 atom stereocenters. The van der Waals surface area contributed by atoms with Gasteiger partial charge in [-0.15, -0.1) is 0 Å². The van der Waals surface area contributed by atoms with E-state index >= 15 is 0 Å². The van der Waals surface area contributed by atoms with Crippen LogP contribution >= 0.6 is 0 Å². The number of aromatic hydroxyl groups is 1. The summed E-state index contributed by atoms with van der Waals surface area (Å²) in [4.78, 5) is 35.4. The minimum Gasteiger partial charge on any atom is -0.508 e. The number of phenols is 1. The molecule has 1 aromatic rings. The standard InChI is InChI=1S/C22H29N3O5/c26-18-5-3-4-17(10-18)20(27)24-14-22(15-24)13-23(11-16-6-7-16)19(12-29-22)21(28)25-8-1-2-9-30-25/h3-5,10,16,19,26H,1-2,6-9,11-15H2/t19-/m1/s1. The third-order valence-corrected chi connectivity index (χ3v) is 6.54. The lowest BCUT2D eigenvalue weighted by atomic mass is 9.89. The van der Waals surface area contributed by atoms with Gasteiger partial charge in [0, 0.05) is 25.2 Å². The Bertz CT molecular complexity index is 815. The molecule has 4 aliphatic rings. The van der Waals surface area contributed by atoms with Gasteiger partial charge in [-0.1, -0.05) is 6.07 Å². The molecule has 0 aromatic heterocycles. The van der Waals surface area contributed by atoms with Crippen molar-refractivity contribution in [1.82, 2.24) is 14.9 Å². The van der Waals surface area contributed by atoms with Crippen molar-refractivity contribution in [3.63, 3.8) is 0 Å².